The molecule has 33 heavy (non-hydrogen) atoms. The number of esters is 1. The number of carbonyl (C=O) groups excluding carboxylic acids is 3. The monoisotopic (exact) mass is 460 g/mol. The van der Waals surface area contributed by atoms with E-state index >= 15 is 0 Å². The lowest BCUT2D eigenvalue weighted by Gasteiger charge is -2.32. The second kappa shape index (κ2) is 12.2. The third-order valence-electron chi connectivity index (χ3n) is 6.86. The van der Waals surface area contributed by atoms with Crippen molar-refractivity contribution in [2.45, 2.75) is 65.7 Å². The summed E-state index contributed by atoms with van der Waals surface area (Å²) < 4.78 is 5.13. The molecule has 1 aromatic heterocycles. The second-order valence-electron chi connectivity index (χ2n) is 9.34. The maximum Gasteiger partial charge on any atom is 0.340 e. The van der Waals surface area contributed by atoms with E-state index in [4.69, 9.17) is 4.74 Å². The number of aromatic amines is 1. The van der Waals surface area contributed by atoms with Crippen LogP contribution in [0.5, 0.6) is 0 Å². The Hall–Kier alpha value is -2.35. The number of aryl methyl sites for hydroxylation is 1. The molecule has 2 aliphatic heterocycles. The van der Waals surface area contributed by atoms with Crippen LogP contribution in [0.4, 0.5) is 0 Å². The minimum absolute atomic E-state index is 0.0370. The zero-order valence-corrected chi connectivity index (χ0v) is 20.5. The van der Waals surface area contributed by atoms with E-state index in [0.717, 1.165) is 25.8 Å². The summed E-state index contributed by atoms with van der Waals surface area (Å²) in [6.07, 6.45) is 7.75. The van der Waals surface area contributed by atoms with Gasteiger partial charge < -0.3 is 24.8 Å². The van der Waals surface area contributed by atoms with Gasteiger partial charge in [0, 0.05) is 25.3 Å². The average Bonchev–Trinajstić information content (AvgIpc) is 2.96. The number of likely N-dealkylation sites (tertiary alicyclic amines) is 2. The van der Waals surface area contributed by atoms with Gasteiger partial charge in [-0.1, -0.05) is 12.8 Å². The molecule has 0 aromatic carbocycles. The van der Waals surface area contributed by atoms with Crippen LogP contribution in [0.1, 0.15) is 84.0 Å². The van der Waals surface area contributed by atoms with Crippen LogP contribution in [0.2, 0.25) is 0 Å². The number of nitrogens with zero attached hydrogens (tertiary/aromatic N) is 2. The van der Waals surface area contributed by atoms with Gasteiger partial charge in [-0.15, -0.1) is 0 Å². The van der Waals surface area contributed by atoms with E-state index in [1.807, 2.05) is 0 Å². The van der Waals surface area contributed by atoms with E-state index in [9.17, 15) is 14.4 Å². The highest BCUT2D eigenvalue weighted by Gasteiger charge is 2.31. The van der Waals surface area contributed by atoms with Crippen molar-refractivity contribution in [1.29, 1.82) is 0 Å². The molecule has 8 nitrogen and oxygen atoms in total. The molecule has 0 saturated carbocycles. The average molecular weight is 461 g/mol. The van der Waals surface area contributed by atoms with E-state index < -0.39 is 5.97 Å². The standard InChI is InChI=1S/C25H40N4O4/c1-4-33-25(32)21-18(2)22(27-19(21)3)24(31)29-16-9-11-20(17-29)23(30)26-12-10-15-28-13-7-5-6-8-14-28/h20,27H,4-17H2,1-3H3,(H,26,30)/t20-/m1/s1. The molecule has 0 spiro atoms. The Morgan fingerprint density at radius 2 is 1.79 bits per heavy atom. The first-order chi connectivity index (χ1) is 15.9. The molecule has 1 aromatic rings. The van der Waals surface area contributed by atoms with Crippen molar-refractivity contribution in [3.05, 3.63) is 22.5 Å². The van der Waals surface area contributed by atoms with Gasteiger partial charge in [-0.2, -0.15) is 0 Å². The molecule has 2 saturated heterocycles. The number of rotatable bonds is 8. The first kappa shape index (κ1) is 25.3. The molecule has 0 aliphatic carbocycles. The zero-order chi connectivity index (χ0) is 23.8. The fourth-order valence-corrected chi connectivity index (χ4v) is 5.03. The Bertz CT molecular complexity index is 827. The minimum Gasteiger partial charge on any atom is -0.462 e. The van der Waals surface area contributed by atoms with Gasteiger partial charge in [0.1, 0.15) is 5.69 Å². The van der Waals surface area contributed by atoms with Gasteiger partial charge in [0.05, 0.1) is 18.1 Å². The quantitative estimate of drug-likeness (QED) is 0.459. The number of piperidine rings is 1. The number of hydrogen-bond donors (Lipinski definition) is 2. The van der Waals surface area contributed by atoms with E-state index in [2.05, 4.69) is 15.2 Å². The highest BCUT2D eigenvalue weighted by Crippen LogP contribution is 2.24. The minimum atomic E-state index is -0.418. The van der Waals surface area contributed by atoms with Gasteiger partial charge in [-0.3, -0.25) is 9.59 Å². The molecule has 184 valence electrons. The van der Waals surface area contributed by atoms with Crippen molar-refractivity contribution in [1.82, 2.24) is 20.1 Å². The van der Waals surface area contributed by atoms with Crippen LogP contribution in [0, 0.1) is 19.8 Å². The van der Waals surface area contributed by atoms with Crippen LogP contribution in [0.3, 0.4) is 0 Å². The molecule has 2 fully saturated rings. The van der Waals surface area contributed by atoms with Gasteiger partial charge in [-0.25, -0.2) is 4.79 Å². The van der Waals surface area contributed by atoms with Crippen molar-refractivity contribution in [2.75, 3.05) is 45.9 Å². The molecular formula is C25H40N4O4. The molecule has 0 radical (unpaired) electrons. The molecule has 1 atom stereocenters. The molecule has 3 rings (SSSR count). The van der Waals surface area contributed by atoms with Crippen LogP contribution in [-0.4, -0.2) is 78.4 Å². The fourth-order valence-electron chi connectivity index (χ4n) is 5.03. The Labute approximate surface area is 197 Å². The molecule has 3 heterocycles. The molecule has 2 amide bonds. The van der Waals surface area contributed by atoms with E-state index in [0.29, 0.717) is 42.1 Å². The van der Waals surface area contributed by atoms with Gasteiger partial charge in [0.25, 0.3) is 5.91 Å². The fraction of sp³-hybridized carbons (Fsp3) is 0.720. The summed E-state index contributed by atoms with van der Waals surface area (Å²) in [4.78, 5) is 45.5. The third kappa shape index (κ3) is 6.59. The maximum atomic E-state index is 13.2. The Morgan fingerprint density at radius 3 is 2.48 bits per heavy atom. The predicted octanol–water partition coefficient (Wildman–Crippen LogP) is 3.04. The topological polar surface area (TPSA) is 94.7 Å². The van der Waals surface area contributed by atoms with Crippen molar-refractivity contribution < 1.29 is 19.1 Å². The lowest BCUT2D eigenvalue weighted by molar-refractivity contribution is -0.126. The highest BCUT2D eigenvalue weighted by molar-refractivity contribution is 6.00. The summed E-state index contributed by atoms with van der Waals surface area (Å²) in [6, 6.07) is 0. The molecule has 2 N–H and O–H groups in total. The van der Waals surface area contributed by atoms with E-state index in [-0.39, 0.29) is 24.3 Å². The highest BCUT2D eigenvalue weighted by atomic mass is 16.5. The number of aromatic nitrogens is 1. The number of hydrogen-bond acceptors (Lipinski definition) is 5. The summed E-state index contributed by atoms with van der Waals surface area (Å²) in [6.45, 7) is 10.7. The number of ether oxygens (including phenoxy) is 1. The van der Waals surface area contributed by atoms with Gasteiger partial charge in [-0.05, 0) is 78.1 Å². The molecule has 2 aliphatic rings. The summed E-state index contributed by atoms with van der Waals surface area (Å²) >= 11 is 0. The second-order valence-corrected chi connectivity index (χ2v) is 9.34. The summed E-state index contributed by atoms with van der Waals surface area (Å²) in [5.74, 6) is -0.736. The van der Waals surface area contributed by atoms with Crippen LogP contribution < -0.4 is 5.32 Å². The lowest BCUT2D eigenvalue weighted by Crippen LogP contribution is -2.46. The first-order valence-corrected chi connectivity index (χ1v) is 12.6. The van der Waals surface area contributed by atoms with Crippen molar-refractivity contribution in [3.63, 3.8) is 0 Å². The molecular weight excluding hydrogens is 420 g/mol. The van der Waals surface area contributed by atoms with Gasteiger partial charge in [0.15, 0.2) is 0 Å². The summed E-state index contributed by atoms with van der Waals surface area (Å²) in [7, 11) is 0. The number of amides is 2. The van der Waals surface area contributed by atoms with E-state index in [1.165, 1.54) is 38.8 Å². The molecule has 0 unspecified atom stereocenters. The number of carbonyl (C=O) groups is 3. The Kier molecular flexibility index (Phi) is 9.35. The Morgan fingerprint density at radius 1 is 1.06 bits per heavy atom. The van der Waals surface area contributed by atoms with Crippen LogP contribution in [0.15, 0.2) is 0 Å². The third-order valence-corrected chi connectivity index (χ3v) is 6.86. The van der Waals surface area contributed by atoms with Crippen LogP contribution in [0.25, 0.3) is 0 Å². The zero-order valence-electron chi connectivity index (χ0n) is 20.5. The van der Waals surface area contributed by atoms with Gasteiger partial charge >= 0.3 is 5.97 Å². The van der Waals surface area contributed by atoms with Crippen molar-refractivity contribution >= 4 is 17.8 Å². The summed E-state index contributed by atoms with van der Waals surface area (Å²) in [5.41, 5.74) is 2.08. The normalized spacial score (nSPS) is 19.7. The SMILES string of the molecule is CCOC(=O)c1c(C)[nH]c(C(=O)N2CCC[C@@H](C(=O)NCCCN3CCCCCC3)C2)c1C. The Balaban J connectivity index is 1.51. The maximum absolute atomic E-state index is 13.2. The van der Waals surface area contributed by atoms with E-state index in [1.54, 1.807) is 25.7 Å². The number of H-pyrrole nitrogens is 1. The van der Waals surface area contributed by atoms with Gasteiger partial charge in [0.2, 0.25) is 5.91 Å². The molecule has 8 heteroatoms. The number of nitrogens with one attached hydrogen (secondary N) is 2. The smallest absolute Gasteiger partial charge is 0.340 e. The largest absolute Gasteiger partial charge is 0.462 e. The summed E-state index contributed by atoms with van der Waals surface area (Å²) in [5, 5.41) is 3.09. The van der Waals surface area contributed by atoms with Crippen LogP contribution in [-0.2, 0) is 9.53 Å². The predicted molar refractivity (Wildman–Crippen MR) is 127 cm³/mol. The lowest BCUT2D eigenvalue weighted by atomic mass is 9.96. The molecule has 0 bridgehead atoms. The van der Waals surface area contributed by atoms with Crippen molar-refractivity contribution in [3.8, 4) is 0 Å². The van der Waals surface area contributed by atoms with Crippen LogP contribution >= 0.6 is 0 Å². The first-order valence-electron chi connectivity index (χ1n) is 12.6. The van der Waals surface area contributed by atoms with Crippen molar-refractivity contribution in [2.24, 2.45) is 5.92 Å².